The first kappa shape index (κ1) is 28.4. The van der Waals surface area contributed by atoms with Crippen LogP contribution in [0.4, 0.5) is 0 Å². The number of carbonyl (C=O) groups excluding carboxylic acids is 2. The number of amides is 2. The molecule has 2 amide bonds. The number of aryl methyl sites for hydroxylation is 1. The van der Waals surface area contributed by atoms with E-state index < -0.39 is 0 Å². The summed E-state index contributed by atoms with van der Waals surface area (Å²) in [5, 5.41) is 6.10. The minimum atomic E-state index is -0.244. The molecule has 2 atom stereocenters. The Bertz CT molecular complexity index is 1330. The highest BCUT2D eigenvalue weighted by Crippen LogP contribution is 2.29. The van der Waals surface area contributed by atoms with Crippen LogP contribution in [0.3, 0.4) is 0 Å². The van der Waals surface area contributed by atoms with Crippen molar-refractivity contribution in [2.24, 2.45) is 0 Å². The Hall–Kier alpha value is -4.09. The molecule has 2 N–H and O–H groups in total. The first-order valence-electron chi connectivity index (χ1n) is 13.8. The number of fused-ring (bicyclic) bond motifs is 9. The van der Waals surface area contributed by atoms with Crippen molar-refractivity contribution in [1.82, 2.24) is 25.1 Å². The molecule has 3 aromatic rings. The summed E-state index contributed by atoms with van der Waals surface area (Å²) in [7, 11) is 3.24. The lowest BCUT2D eigenvalue weighted by Crippen LogP contribution is -2.45. The molecule has 4 bridgehead atoms. The average molecular weight is 564 g/mol. The highest BCUT2D eigenvalue weighted by molar-refractivity contribution is 5.78. The van der Waals surface area contributed by atoms with Gasteiger partial charge in [0.05, 0.1) is 26.3 Å². The molecule has 1 aromatic heterocycles. The zero-order valence-electron chi connectivity index (χ0n) is 23.5. The topological polar surface area (TPSA) is 116 Å². The van der Waals surface area contributed by atoms with Crippen molar-refractivity contribution in [3.8, 4) is 17.2 Å². The van der Waals surface area contributed by atoms with Gasteiger partial charge in [0.25, 0.3) is 5.91 Å². The van der Waals surface area contributed by atoms with Gasteiger partial charge in [-0.3, -0.25) is 14.5 Å². The Morgan fingerprint density at radius 2 is 1.85 bits per heavy atom. The van der Waals surface area contributed by atoms with Crippen molar-refractivity contribution in [3.63, 3.8) is 0 Å². The maximum Gasteiger partial charge on any atom is 0.258 e. The lowest BCUT2D eigenvalue weighted by molar-refractivity contribution is -0.123. The number of nitrogens with zero attached hydrogens (tertiary/aromatic N) is 3. The van der Waals surface area contributed by atoms with Crippen molar-refractivity contribution in [1.29, 1.82) is 0 Å². The maximum absolute atomic E-state index is 13.1. The number of rotatable bonds is 6. The molecule has 3 aliphatic heterocycles. The van der Waals surface area contributed by atoms with Gasteiger partial charge in [-0.2, -0.15) is 0 Å². The first-order chi connectivity index (χ1) is 20.0. The molecule has 0 unspecified atom stereocenters. The predicted octanol–water partition coefficient (Wildman–Crippen LogP) is 1.93. The third-order valence-electron chi connectivity index (χ3n) is 7.32. The molecule has 0 saturated carbocycles. The number of carbonyl (C=O) groups is 2. The monoisotopic (exact) mass is 563 g/mol. The normalized spacial score (nSPS) is 20.0. The number of aromatic nitrogens is 2. The highest BCUT2D eigenvalue weighted by atomic mass is 16.5. The largest absolute Gasteiger partial charge is 0.493 e. The van der Waals surface area contributed by atoms with E-state index in [4.69, 9.17) is 18.9 Å². The zero-order chi connectivity index (χ0) is 28.6. The fourth-order valence-electron chi connectivity index (χ4n) is 5.11. The maximum atomic E-state index is 13.1. The lowest BCUT2D eigenvalue weighted by atomic mass is 10.1. The third-order valence-corrected chi connectivity index (χ3v) is 7.32. The molecule has 41 heavy (non-hydrogen) atoms. The molecule has 2 aromatic carbocycles. The van der Waals surface area contributed by atoms with Crippen molar-refractivity contribution in [2.75, 3.05) is 40.5 Å². The minimum Gasteiger partial charge on any atom is -0.493 e. The van der Waals surface area contributed by atoms with Gasteiger partial charge in [-0.05, 0) is 41.8 Å². The summed E-state index contributed by atoms with van der Waals surface area (Å²) < 4.78 is 24.9. The molecular weight excluding hydrogens is 526 g/mol. The summed E-state index contributed by atoms with van der Waals surface area (Å²) in [6.45, 7) is 3.46. The molecule has 218 valence electrons. The second kappa shape index (κ2) is 13.5. The number of ether oxygens (including phenoxy) is 4. The number of methoxy groups -OCH3 is 2. The van der Waals surface area contributed by atoms with Gasteiger partial charge in [-0.25, -0.2) is 4.98 Å². The number of imidazole rings is 1. The van der Waals surface area contributed by atoms with Gasteiger partial charge in [0.1, 0.15) is 17.7 Å². The SMILES string of the molecule is COCCn1ccnc1CN1C[C@@H]2NC(=O)CCc3ccc(OC)c(c3)OCC(=O)NCc3ccc(cc3)O[C@H]2C1. The summed E-state index contributed by atoms with van der Waals surface area (Å²) in [5.74, 6) is 2.34. The van der Waals surface area contributed by atoms with Gasteiger partial charge in [0, 0.05) is 52.1 Å². The first-order valence-corrected chi connectivity index (χ1v) is 13.8. The molecule has 0 radical (unpaired) electrons. The van der Waals surface area contributed by atoms with E-state index in [0.717, 1.165) is 23.5 Å². The Labute approximate surface area is 239 Å². The number of benzene rings is 2. The molecule has 4 heterocycles. The quantitative estimate of drug-likeness (QED) is 0.468. The number of hydrogen-bond donors (Lipinski definition) is 2. The van der Waals surface area contributed by atoms with Crippen LogP contribution in [0, 0.1) is 0 Å². The van der Waals surface area contributed by atoms with E-state index in [2.05, 4.69) is 25.1 Å². The average Bonchev–Trinajstić information content (AvgIpc) is 3.58. The second-order valence-corrected chi connectivity index (χ2v) is 10.2. The van der Waals surface area contributed by atoms with E-state index in [1.807, 2.05) is 42.6 Å². The van der Waals surface area contributed by atoms with Crippen LogP contribution in [0.5, 0.6) is 17.2 Å². The van der Waals surface area contributed by atoms with Crippen LogP contribution in [-0.2, 0) is 40.4 Å². The third kappa shape index (κ3) is 7.56. The van der Waals surface area contributed by atoms with Crippen LogP contribution < -0.4 is 24.8 Å². The van der Waals surface area contributed by atoms with Crippen LogP contribution in [0.2, 0.25) is 0 Å². The van der Waals surface area contributed by atoms with E-state index in [1.54, 1.807) is 26.5 Å². The number of hydrogen-bond acceptors (Lipinski definition) is 8. The molecule has 0 aliphatic carbocycles. The number of nitrogens with one attached hydrogen (secondary N) is 2. The molecule has 3 aliphatic rings. The second-order valence-electron chi connectivity index (χ2n) is 10.2. The van der Waals surface area contributed by atoms with Crippen molar-refractivity contribution in [3.05, 3.63) is 71.8 Å². The van der Waals surface area contributed by atoms with Crippen LogP contribution in [0.15, 0.2) is 54.9 Å². The molecule has 6 rings (SSSR count). The minimum absolute atomic E-state index is 0.0574. The van der Waals surface area contributed by atoms with Gasteiger partial charge in [0.2, 0.25) is 5.91 Å². The van der Waals surface area contributed by atoms with Gasteiger partial charge < -0.3 is 34.1 Å². The fourth-order valence-corrected chi connectivity index (χ4v) is 5.11. The Kier molecular flexibility index (Phi) is 9.37. The summed E-state index contributed by atoms with van der Waals surface area (Å²) in [5.41, 5.74) is 1.85. The molecule has 0 spiro atoms. The summed E-state index contributed by atoms with van der Waals surface area (Å²) in [6, 6.07) is 12.9. The molecular formula is C30H37N5O6. The zero-order valence-corrected chi connectivity index (χ0v) is 23.5. The van der Waals surface area contributed by atoms with E-state index in [9.17, 15) is 9.59 Å². The summed E-state index contributed by atoms with van der Waals surface area (Å²) in [6.07, 6.45) is 4.32. The van der Waals surface area contributed by atoms with Crippen molar-refractivity contribution >= 4 is 11.8 Å². The molecule has 11 heteroatoms. The summed E-state index contributed by atoms with van der Waals surface area (Å²) in [4.78, 5) is 32.4. The summed E-state index contributed by atoms with van der Waals surface area (Å²) >= 11 is 0. The van der Waals surface area contributed by atoms with Crippen molar-refractivity contribution < 1.29 is 28.5 Å². The highest BCUT2D eigenvalue weighted by Gasteiger charge is 2.36. The smallest absolute Gasteiger partial charge is 0.258 e. The molecule has 1 fully saturated rings. The van der Waals surface area contributed by atoms with Gasteiger partial charge in [0.15, 0.2) is 18.1 Å². The van der Waals surface area contributed by atoms with E-state index in [1.165, 1.54) is 0 Å². The molecule has 11 nitrogen and oxygen atoms in total. The fraction of sp³-hybridized carbons (Fsp3) is 0.433. The van der Waals surface area contributed by atoms with Gasteiger partial charge in [-0.1, -0.05) is 18.2 Å². The Balaban J connectivity index is 1.34. The van der Waals surface area contributed by atoms with Crippen molar-refractivity contribution in [2.45, 2.75) is 44.6 Å². The predicted molar refractivity (Wildman–Crippen MR) is 151 cm³/mol. The van der Waals surface area contributed by atoms with E-state index in [0.29, 0.717) is 62.9 Å². The van der Waals surface area contributed by atoms with E-state index >= 15 is 0 Å². The Morgan fingerprint density at radius 1 is 1.02 bits per heavy atom. The van der Waals surface area contributed by atoms with Crippen LogP contribution in [0.25, 0.3) is 0 Å². The van der Waals surface area contributed by atoms with Crippen LogP contribution in [-0.4, -0.2) is 78.9 Å². The van der Waals surface area contributed by atoms with Gasteiger partial charge in [-0.15, -0.1) is 0 Å². The standard InChI is InChI=1S/C30H37N5O6/c1-38-14-13-35-12-11-31-28(35)19-34-17-24-27(18-34)41-23-7-3-22(4-8-23)16-32-30(37)20-40-26-15-21(5-9-25(26)39-2)6-10-29(36)33-24/h3-5,7-9,11-12,15,24,27H,6,10,13-14,16-20H2,1-2H3,(H,32,37)(H,33,36)/t24-,27-/m0/s1. The van der Waals surface area contributed by atoms with Gasteiger partial charge >= 0.3 is 0 Å². The van der Waals surface area contributed by atoms with Crippen LogP contribution in [0.1, 0.15) is 23.4 Å². The molecule has 1 saturated heterocycles. The lowest BCUT2D eigenvalue weighted by Gasteiger charge is -2.21. The number of likely N-dealkylation sites (tertiary alicyclic amines) is 1. The van der Waals surface area contributed by atoms with E-state index in [-0.39, 0.29) is 30.6 Å². The van der Waals surface area contributed by atoms with Crippen LogP contribution >= 0.6 is 0 Å². The Morgan fingerprint density at radius 3 is 2.66 bits per heavy atom.